The number of rotatable bonds is 0. The minimum atomic E-state index is 0. The van der Waals surface area contributed by atoms with E-state index in [4.69, 9.17) is 0 Å². The van der Waals surface area contributed by atoms with Crippen LogP contribution in [0.5, 0.6) is 0 Å². The summed E-state index contributed by atoms with van der Waals surface area (Å²) in [7, 11) is 2.26. The Kier molecular flexibility index (Phi) is 16.5. The summed E-state index contributed by atoms with van der Waals surface area (Å²) in [4.78, 5) is 2.49. The maximum absolute atomic E-state index is 2.49. The summed E-state index contributed by atoms with van der Waals surface area (Å²) in [6, 6.07) is 0. The molecule has 0 aliphatic carbocycles. The molecule has 0 unspecified atom stereocenters. The molecule has 1 aliphatic rings. The van der Waals surface area contributed by atoms with Crippen LogP contribution in [0.1, 0.15) is 51.9 Å². The zero-order valence-electron chi connectivity index (χ0n) is 11.6. The van der Waals surface area contributed by atoms with Crippen molar-refractivity contribution in [2.45, 2.75) is 51.9 Å². The smallest absolute Gasteiger partial charge is 0 e. The van der Waals surface area contributed by atoms with Gasteiger partial charge in [0.1, 0.15) is 0 Å². The van der Waals surface area contributed by atoms with Crippen molar-refractivity contribution in [3.63, 3.8) is 0 Å². The summed E-state index contributed by atoms with van der Waals surface area (Å²) < 4.78 is 0. The fraction of sp³-hybridized carbons (Fsp3) is 0.846. The van der Waals surface area contributed by atoms with Gasteiger partial charge in [0, 0.05) is 18.9 Å². The van der Waals surface area contributed by atoms with E-state index in [1.807, 2.05) is 0 Å². The standard InChI is InChI=1S/C12H24N.CH3.Li.Lr/c1-12-8-4-3-6-10-13(2)11-7-5-9-12;;;/h3-11H2,1-2H3;1H3;;/q2*-1;;. The van der Waals surface area contributed by atoms with Gasteiger partial charge in [0.25, 0.3) is 0 Å². The summed E-state index contributed by atoms with van der Waals surface area (Å²) in [6.07, 6.45) is 9.76. The molecule has 0 spiro atoms. The van der Waals surface area contributed by atoms with Crippen LogP contribution in [-0.4, -0.2) is 43.9 Å². The van der Waals surface area contributed by atoms with Crippen LogP contribution in [0.15, 0.2) is 0 Å². The van der Waals surface area contributed by atoms with Crippen molar-refractivity contribution < 1.29 is 0 Å². The maximum atomic E-state index is 2.49. The fourth-order valence-electron chi connectivity index (χ4n) is 2.03. The van der Waals surface area contributed by atoms with Gasteiger partial charge in [-0.25, -0.2) is 0 Å². The normalized spacial score (nSPS) is 20.6. The Morgan fingerprint density at radius 3 is 1.88 bits per heavy atom. The third kappa shape index (κ3) is 10.1. The van der Waals surface area contributed by atoms with E-state index in [2.05, 4.69) is 18.9 Å². The molecule has 1 rings (SSSR count). The second-order valence-corrected chi connectivity index (χ2v) is 4.53. The first kappa shape index (κ1) is 20.9. The van der Waals surface area contributed by atoms with Crippen LogP contribution in [0.4, 0.5) is 0 Å². The molecular formula is C13H27LiLrN-2. The van der Waals surface area contributed by atoms with Crippen LogP contribution in [0.25, 0.3) is 0 Å². The summed E-state index contributed by atoms with van der Waals surface area (Å²) in [6.45, 7) is 4.94. The average Bonchev–Trinajstić information content (AvgIpc) is 2.14. The van der Waals surface area contributed by atoms with Crippen molar-refractivity contribution in [2.24, 2.45) is 0 Å². The van der Waals surface area contributed by atoms with Crippen LogP contribution >= 0.6 is 0 Å². The van der Waals surface area contributed by atoms with Crippen molar-refractivity contribution in [3.05, 3.63) is 13.3 Å². The minimum Gasteiger partial charge on any atom is -0.358 e. The molecule has 3 heteroatoms. The van der Waals surface area contributed by atoms with E-state index >= 15 is 0 Å². The first-order valence-electron chi connectivity index (χ1n) is 5.79. The zero-order valence-corrected chi connectivity index (χ0v) is 13.7. The van der Waals surface area contributed by atoms with Crippen LogP contribution in [0, 0.1) is 13.3 Å². The second kappa shape index (κ2) is 12.6. The van der Waals surface area contributed by atoms with Gasteiger partial charge in [-0.15, -0.1) is 0 Å². The van der Waals surface area contributed by atoms with Gasteiger partial charge in [-0.2, -0.15) is 19.8 Å². The summed E-state index contributed by atoms with van der Waals surface area (Å²) in [5, 5.41) is 0. The van der Waals surface area contributed by atoms with E-state index in [1.165, 1.54) is 58.0 Å². The van der Waals surface area contributed by atoms with Crippen LogP contribution in [-0.2, 0) is 0 Å². The molecule has 16 heavy (non-hydrogen) atoms. The van der Waals surface area contributed by atoms with Crippen molar-refractivity contribution >= 4 is 18.9 Å². The van der Waals surface area contributed by atoms with E-state index in [9.17, 15) is 0 Å². The molecule has 1 nitrogen and oxygen atoms in total. The Bertz CT molecular complexity index is 119. The molecule has 1 saturated heterocycles. The molecule has 0 N–H and O–H groups in total. The van der Waals surface area contributed by atoms with E-state index in [0.29, 0.717) is 0 Å². The first-order valence-corrected chi connectivity index (χ1v) is 5.79. The van der Waals surface area contributed by atoms with Gasteiger partial charge in [0.15, 0.2) is 0 Å². The fourth-order valence-corrected chi connectivity index (χ4v) is 2.03. The molecule has 0 aromatic carbocycles. The predicted octanol–water partition coefficient (Wildman–Crippen LogP) is 3.33. The molecule has 0 bridgehead atoms. The Morgan fingerprint density at radius 1 is 0.875 bits per heavy atom. The Balaban J connectivity index is -0.000000563. The molecule has 2 radical (unpaired) electrons. The van der Waals surface area contributed by atoms with Crippen molar-refractivity contribution in [1.82, 2.24) is 4.90 Å². The molecule has 0 aromatic rings. The Labute approximate surface area is 109 Å². The average molecular weight is 466 g/mol. The van der Waals surface area contributed by atoms with Crippen molar-refractivity contribution in [2.75, 3.05) is 20.1 Å². The Morgan fingerprint density at radius 2 is 1.31 bits per heavy atom. The monoisotopic (exact) mass is 466 g/mol. The maximum Gasteiger partial charge on any atom is 0 e. The summed E-state index contributed by atoms with van der Waals surface area (Å²) >= 11 is 0. The largest absolute Gasteiger partial charge is 0.358 e. The second-order valence-electron chi connectivity index (χ2n) is 4.53. The van der Waals surface area contributed by atoms with E-state index in [1.54, 1.807) is 5.92 Å². The SMILES string of the molecule is C[C-]1CCCCCN(C)CCCC1.[CH3-].[Li].[Lr]. The van der Waals surface area contributed by atoms with Crippen LogP contribution in [0.2, 0.25) is 0 Å². The van der Waals surface area contributed by atoms with Gasteiger partial charge in [0.2, 0.25) is 0 Å². The molecule has 0 atom stereocenters. The molecule has 0 saturated carbocycles. The van der Waals surface area contributed by atoms with E-state index in [0.717, 1.165) is 0 Å². The van der Waals surface area contributed by atoms with E-state index in [-0.39, 0.29) is 26.3 Å². The molecule has 1 fully saturated rings. The van der Waals surface area contributed by atoms with Crippen LogP contribution in [0.3, 0.4) is 0 Å². The summed E-state index contributed by atoms with van der Waals surface area (Å²) in [5.41, 5.74) is 0. The third-order valence-corrected chi connectivity index (χ3v) is 3.04. The molecule has 1 heterocycles. The molecule has 0 amide bonds. The summed E-state index contributed by atoms with van der Waals surface area (Å²) in [5.74, 6) is 1.73. The number of nitrogens with zero attached hydrogens (tertiary/aromatic N) is 1. The zero-order chi connectivity index (χ0) is 9.52. The van der Waals surface area contributed by atoms with Crippen LogP contribution < -0.4 is 0 Å². The Hall–Kier alpha value is -0.443. The minimum absolute atomic E-state index is 0. The van der Waals surface area contributed by atoms with Gasteiger partial charge in [-0.1, -0.05) is 19.3 Å². The number of hydrogen-bond donors (Lipinski definition) is 0. The quantitative estimate of drug-likeness (QED) is 0.391. The first-order chi connectivity index (χ1) is 6.29. The topological polar surface area (TPSA) is 3.24 Å². The van der Waals surface area contributed by atoms with Gasteiger partial charge in [0.05, 0.1) is 0 Å². The molecular weight excluding hydrogens is 439 g/mol. The van der Waals surface area contributed by atoms with Crippen molar-refractivity contribution in [1.29, 1.82) is 0 Å². The third-order valence-electron chi connectivity index (χ3n) is 3.04. The number of hydrogen-bond acceptors (Lipinski definition) is 1. The molecule has 1 aliphatic heterocycles. The predicted molar refractivity (Wildman–Crippen MR) is 70.9 cm³/mol. The molecule has 102 valence electrons. The van der Waals surface area contributed by atoms with Gasteiger partial charge in [-0.3, -0.25) is 0 Å². The molecule has 0 aromatic heterocycles. The van der Waals surface area contributed by atoms with Crippen molar-refractivity contribution in [3.8, 4) is 0 Å². The van der Waals surface area contributed by atoms with Gasteiger partial charge in [-0.05, 0) is 33.0 Å². The van der Waals surface area contributed by atoms with E-state index < -0.39 is 0 Å². The van der Waals surface area contributed by atoms with Gasteiger partial charge >= 0.3 is 0 Å². The van der Waals surface area contributed by atoms with Gasteiger partial charge < -0.3 is 18.2 Å².